The molecule has 0 saturated carbocycles. The number of nitrogens with zero attached hydrogens (tertiary/aromatic N) is 1. The third-order valence-corrected chi connectivity index (χ3v) is 1.52. The lowest BCUT2D eigenvalue weighted by Gasteiger charge is -2.01. The maximum atomic E-state index is 5.31. The molecule has 2 N–H and O–H groups in total. The highest BCUT2D eigenvalue weighted by atomic mass is 15.1. The predicted octanol–water partition coefficient (Wildman–Crippen LogP) is 0.164. The van der Waals surface area contributed by atoms with Crippen LogP contribution < -0.4 is 5.73 Å². The summed E-state index contributed by atoms with van der Waals surface area (Å²) in [5.41, 5.74) is 6.68. The first kappa shape index (κ1) is 5.63. The van der Waals surface area contributed by atoms with E-state index < -0.39 is 0 Å². The zero-order valence-corrected chi connectivity index (χ0v) is 5.22. The van der Waals surface area contributed by atoms with Gasteiger partial charge < -0.3 is 10.6 Å². The molecule has 46 valence electrons. The molecule has 1 heterocycles. The fourth-order valence-electron chi connectivity index (χ4n) is 0.975. The quantitative estimate of drug-likeness (QED) is 0.484. The first-order valence-corrected chi connectivity index (χ1v) is 2.91. The maximum absolute atomic E-state index is 5.31. The van der Waals surface area contributed by atoms with Crippen LogP contribution in [0.4, 0.5) is 0 Å². The monoisotopic (exact) mass is 112 g/mol. The number of hydrogen-bond donors (Lipinski definition) is 1. The van der Waals surface area contributed by atoms with Crippen molar-refractivity contribution in [1.82, 2.24) is 4.90 Å². The minimum atomic E-state index is 1.07. The lowest BCUT2D eigenvalue weighted by molar-refractivity contribution is 0.425. The highest BCUT2D eigenvalue weighted by Crippen LogP contribution is 2.10. The Morgan fingerprint density at radius 3 is 2.75 bits per heavy atom. The van der Waals surface area contributed by atoms with Gasteiger partial charge in [-0.3, -0.25) is 0 Å². The molecule has 8 heavy (non-hydrogen) atoms. The minimum Gasteiger partial charge on any atom is -0.405 e. The largest absolute Gasteiger partial charge is 0.405 e. The van der Waals surface area contributed by atoms with Gasteiger partial charge in [-0.05, 0) is 25.2 Å². The Hall–Kier alpha value is -0.500. The van der Waals surface area contributed by atoms with Crippen molar-refractivity contribution in [3.8, 4) is 0 Å². The van der Waals surface area contributed by atoms with E-state index in [0.717, 1.165) is 13.0 Å². The van der Waals surface area contributed by atoms with Crippen LogP contribution in [0, 0.1) is 0 Å². The molecule has 1 fully saturated rings. The van der Waals surface area contributed by atoms with Crippen molar-refractivity contribution in [2.24, 2.45) is 5.73 Å². The molecule has 1 aliphatic rings. The molecule has 0 amide bonds. The second kappa shape index (κ2) is 2.18. The van der Waals surface area contributed by atoms with Crippen LogP contribution in [0.1, 0.15) is 6.42 Å². The van der Waals surface area contributed by atoms with Gasteiger partial charge in [0, 0.05) is 13.1 Å². The Morgan fingerprint density at radius 1 is 1.75 bits per heavy atom. The SMILES string of the molecule is CN1CCC(=CN)C1. The van der Waals surface area contributed by atoms with E-state index in [0.29, 0.717) is 0 Å². The Bertz CT molecular complexity index is 107. The van der Waals surface area contributed by atoms with Crippen molar-refractivity contribution in [3.63, 3.8) is 0 Å². The summed E-state index contributed by atoms with van der Waals surface area (Å²) in [5, 5.41) is 0. The lowest BCUT2D eigenvalue weighted by atomic mass is 10.3. The number of nitrogens with two attached hydrogens (primary N) is 1. The molecule has 0 aromatic carbocycles. The summed E-state index contributed by atoms with van der Waals surface area (Å²) in [6.45, 7) is 2.24. The van der Waals surface area contributed by atoms with Crippen molar-refractivity contribution in [3.05, 3.63) is 11.8 Å². The van der Waals surface area contributed by atoms with Gasteiger partial charge in [0.1, 0.15) is 0 Å². The van der Waals surface area contributed by atoms with Crippen LogP contribution in [-0.4, -0.2) is 25.0 Å². The Morgan fingerprint density at radius 2 is 2.50 bits per heavy atom. The third kappa shape index (κ3) is 1.01. The van der Waals surface area contributed by atoms with Gasteiger partial charge in [-0.15, -0.1) is 0 Å². The highest BCUT2D eigenvalue weighted by molar-refractivity contribution is 5.06. The first-order valence-electron chi connectivity index (χ1n) is 2.91. The Kier molecular flexibility index (Phi) is 1.53. The Labute approximate surface area is 50.0 Å². The molecule has 0 unspecified atom stereocenters. The van der Waals surface area contributed by atoms with Crippen molar-refractivity contribution < 1.29 is 0 Å². The topological polar surface area (TPSA) is 29.3 Å². The van der Waals surface area contributed by atoms with Gasteiger partial charge in [-0.25, -0.2) is 0 Å². The van der Waals surface area contributed by atoms with Crippen LogP contribution >= 0.6 is 0 Å². The van der Waals surface area contributed by atoms with Crippen LogP contribution in [-0.2, 0) is 0 Å². The van der Waals surface area contributed by atoms with E-state index in [2.05, 4.69) is 11.9 Å². The number of likely N-dealkylation sites (N-methyl/N-ethyl adjacent to an activating group) is 1. The predicted molar refractivity (Wildman–Crippen MR) is 34.4 cm³/mol. The summed E-state index contributed by atoms with van der Waals surface area (Å²) < 4.78 is 0. The van der Waals surface area contributed by atoms with E-state index in [4.69, 9.17) is 5.73 Å². The second-order valence-corrected chi connectivity index (χ2v) is 2.31. The van der Waals surface area contributed by atoms with Crippen LogP contribution in [0.5, 0.6) is 0 Å². The molecule has 0 aromatic heterocycles. The second-order valence-electron chi connectivity index (χ2n) is 2.31. The molecule has 0 bridgehead atoms. The summed E-state index contributed by atoms with van der Waals surface area (Å²) in [6.07, 6.45) is 2.89. The molecule has 0 atom stereocenters. The average molecular weight is 112 g/mol. The van der Waals surface area contributed by atoms with Gasteiger partial charge in [0.2, 0.25) is 0 Å². The highest BCUT2D eigenvalue weighted by Gasteiger charge is 2.10. The van der Waals surface area contributed by atoms with Crippen LogP contribution in [0.3, 0.4) is 0 Å². The van der Waals surface area contributed by atoms with Crippen molar-refractivity contribution >= 4 is 0 Å². The van der Waals surface area contributed by atoms with E-state index in [1.807, 2.05) is 0 Å². The number of hydrogen-bond acceptors (Lipinski definition) is 2. The summed E-state index contributed by atoms with van der Waals surface area (Å²) in [4.78, 5) is 2.26. The minimum absolute atomic E-state index is 1.07. The zero-order valence-electron chi connectivity index (χ0n) is 5.22. The lowest BCUT2D eigenvalue weighted by Crippen LogP contribution is -2.11. The zero-order chi connectivity index (χ0) is 5.98. The van der Waals surface area contributed by atoms with Crippen molar-refractivity contribution in [1.29, 1.82) is 0 Å². The summed E-state index contributed by atoms with van der Waals surface area (Å²) in [5.74, 6) is 0. The molecular formula is C6H12N2. The molecule has 0 radical (unpaired) electrons. The average Bonchev–Trinajstić information content (AvgIpc) is 2.14. The van der Waals surface area contributed by atoms with Crippen molar-refractivity contribution in [2.45, 2.75) is 6.42 Å². The van der Waals surface area contributed by atoms with Crippen LogP contribution in [0.2, 0.25) is 0 Å². The van der Waals surface area contributed by atoms with Crippen LogP contribution in [0.15, 0.2) is 11.8 Å². The van der Waals surface area contributed by atoms with Gasteiger partial charge in [0.25, 0.3) is 0 Å². The molecule has 0 spiro atoms. The smallest absolute Gasteiger partial charge is 0.0207 e. The molecule has 1 aliphatic heterocycles. The molecule has 0 aromatic rings. The van der Waals surface area contributed by atoms with Gasteiger partial charge in [-0.1, -0.05) is 0 Å². The van der Waals surface area contributed by atoms with Gasteiger partial charge in [0.15, 0.2) is 0 Å². The first-order chi connectivity index (χ1) is 3.83. The number of rotatable bonds is 0. The maximum Gasteiger partial charge on any atom is 0.0207 e. The molecule has 2 nitrogen and oxygen atoms in total. The van der Waals surface area contributed by atoms with Gasteiger partial charge >= 0.3 is 0 Å². The van der Waals surface area contributed by atoms with Crippen molar-refractivity contribution in [2.75, 3.05) is 20.1 Å². The summed E-state index contributed by atoms with van der Waals surface area (Å²) in [7, 11) is 2.11. The van der Waals surface area contributed by atoms with Crippen LogP contribution in [0.25, 0.3) is 0 Å². The van der Waals surface area contributed by atoms with E-state index in [1.165, 1.54) is 12.1 Å². The van der Waals surface area contributed by atoms with E-state index in [1.54, 1.807) is 6.20 Å². The molecule has 1 rings (SSSR count). The number of likely N-dealkylation sites (tertiary alicyclic amines) is 1. The third-order valence-electron chi connectivity index (χ3n) is 1.52. The Balaban J connectivity index is 2.44. The van der Waals surface area contributed by atoms with E-state index in [-0.39, 0.29) is 0 Å². The molecule has 1 saturated heterocycles. The molecule has 2 heteroatoms. The summed E-state index contributed by atoms with van der Waals surface area (Å²) >= 11 is 0. The standard InChI is InChI=1S/C6H12N2/c1-8-3-2-6(4-7)5-8/h4H,2-3,5,7H2,1H3. The fourth-order valence-corrected chi connectivity index (χ4v) is 0.975. The van der Waals surface area contributed by atoms with E-state index >= 15 is 0 Å². The fraction of sp³-hybridized carbons (Fsp3) is 0.667. The van der Waals surface area contributed by atoms with Gasteiger partial charge in [0.05, 0.1) is 0 Å². The summed E-state index contributed by atoms with van der Waals surface area (Å²) in [6, 6.07) is 0. The van der Waals surface area contributed by atoms with E-state index in [9.17, 15) is 0 Å². The molecule has 0 aliphatic carbocycles. The molecular weight excluding hydrogens is 100 g/mol. The van der Waals surface area contributed by atoms with Gasteiger partial charge in [-0.2, -0.15) is 0 Å². The normalized spacial score (nSPS) is 27.4.